The number of allylic oxidation sites excluding steroid dienone is 3. The second-order valence-electron chi connectivity index (χ2n) is 6.56. The van der Waals surface area contributed by atoms with Crippen LogP contribution in [-0.4, -0.2) is 18.7 Å². The fourth-order valence-corrected chi connectivity index (χ4v) is 4.01. The Hall–Kier alpha value is -3.14. The van der Waals surface area contributed by atoms with E-state index < -0.39 is 5.92 Å². The van der Waals surface area contributed by atoms with Gasteiger partial charge >= 0.3 is 0 Å². The van der Waals surface area contributed by atoms with E-state index in [-0.39, 0.29) is 11.6 Å². The molecule has 1 aliphatic carbocycles. The highest BCUT2D eigenvalue weighted by Crippen LogP contribution is 2.48. The van der Waals surface area contributed by atoms with Gasteiger partial charge in [0.15, 0.2) is 11.6 Å². The number of benzene rings is 2. The van der Waals surface area contributed by atoms with Crippen molar-refractivity contribution in [1.29, 1.82) is 0 Å². The van der Waals surface area contributed by atoms with Crippen molar-refractivity contribution in [3.05, 3.63) is 82.1 Å². The van der Waals surface area contributed by atoms with Gasteiger partial charge in [0.25, 0.3) is 0 Å². The Morgan fingerprint density at radius 1 is 1.04 bits per heavy atom. The molecule has 0 saturated carbocycles. The molecule has 0 bridgehead atoms. The predicted octanol–water partition coefficient (Wildman–Crippen LogP) is 3.85. The maximum absolute atomic E-state index is 13.2. The molecule has 4 nitrogen and oxygen atoms in total. The van der Waals surface area contributed by atoms with E-state index >= 15 is 0 Å². The van der Waals surface area contributed by atoms with Gasteiger partial charge in [-0.2, -0.15) is 0 Å². The first-order valence-corrected chi connectivity index (χ1v) is 8.54. The monoisotopic (exact) mass is 345 g/mol. The molecule has 1 heterocycles. The summed E-state index contributed by atoms with van der Waals surface area (Å²) in [6, 6.07) is 15.1. The zero-order valence-electron chi connectivity index (χ0n) is 14.9. The number of ketones is 2. The standard InChI is InChI=1S/C22H19NO3/c1-12-18(13(2)24)19(16-10-6-7-11-17(16)26-3)20-21(23-12)14-8-4-5-9-15(14)22(20)25/h4-11,19,23H,1-3H3. The second-order valence-corrected chi connectivity index (χ2v) is 6.56. The van der Waals surface area contributed by atoms with Gasteiger partial charge in [-0.3, -0.25) is 9.59 Å². The molecule has 0 aromatic heterocycles. The molecule has 0 saturated heterocycles. The van der Waals surface area contributed by atoms with Crippen molar-refractivity contribution in [3.8, 4) is 5.75 Å². The van der Waals surface area contributed by atoms with Gasteiger partial charge in [-0.15, -0.1) is 0 Å². The Balaban J connectivity index is 2.00. The average molecular weight is 345 g/mol. The third-order valence-electron chi connectivity index (χ3n) is 5.08. The summed E-state index contributed by atoms with van der Waals surface area (Å²) in [6.07, 6.45) is 0. The number of rotatable bonds is 3. The third kappa shape index (κ3) is 2.22. The van der Waals surface area contributed by atoms with Crippen LogP contribution in [0.25, 0.3) is 5.70 Å². The highest BCUT2D eigenvalue weighted by Gasteiger charge is 2.42. The lowest BCUT2D eigenvalue weighted by Crippen LogP contribution is -2.27. The van der Waals surface area contributed by atoms with Crippen LogP contribution in [0.1, 0.15) is 41.3 Å². The molecule has 1 aliphatic heterocycles. The van der Waals surface area contributed by atoms with Gasteiger partial charge in [-0.05, 0) is 19.9 Å². The summed E-state index contributed by atoms with van der Waals surface area (Å²) in [5.74, 6) is 0.132. The lowest BCUT2D eigenvalue weighted by Gasteiger charge is -2.30. The summed E-state index contributed by atoms with van der Waals surface area (Å²) in [5.41, 5.74) is 5.17. The molecule has 2 aromatic rings. The number of para-hydroxylation sites is 1. The van der Waals surface area contributed by atoms with Gasteiger partial charge in [0.2, 0.25) is 0 Å². The van der Waals surface area contributed by atoms with Crippen LogP contribution in [0, 0.1) is 0 Å². The molecule has 1 unspecified atom stereocenters. The lowest BCUT2D eigenvalue weighted by molar-refractivity contribution is -0.113. The number of dihydropyridines is 1. The van der Waals surface area contributed by atoms with Crippen molar-refractivity contribution in [2.45, 2.75) is 19.8 Å². The number of methoxy groups -OCH3 is 1. The van der Waals surface area contributed by atoms with Crippen LogP contribution >= 0.6 is 0 Å². The highest BCUT2D eigenvalue weighted by molar-refractivity contribution is 6.23. The molecule has 2 aromatic carbocycles. The maximum atomic E-state index is 13.2. The molecular weight excluding hydrogens is 326 g/mol. The quantitative estimate of drug-likeness (QED) is 0.918. The Morgan fingerprint density at radius 3 is 2.38 bits per heavy atom. The molecule has 0 amide bonds. The maximum Gasteiger partial charge on any atom is 0.192 e. The minimum Gasteiger partial charge on any atom is -0.496 e. The molecule has 0 spiro atoms. The molecule has 130 valence electrons. The van der Waals surface area contributed by atoms with Crippen LogP contribution < -0.4 is 10.1 Å². The SMILES string of the molecule is COc1ccccc1C1C(C(C)=O)=C(C)NC2=C1C(=O)c1ccccc12. The molecule has 2 aliphatic rings. The van der Waals surface area contributed by atoms with Crippen LogP contribution in [0.5, 0.6) is 5.75 Å². The summed E-state index contributed by atoms with van der Waals surface area (Å²) in [4.78, 5) is 25.7. The van der Waals surface area contributed by atoms with E-state index in [0.29, 0.717) is 22.5 Å². The smallest absolute Gasteiger partial charge is 0.192 e. The molecule has 4 rings (SSSR count). The largest absolute Gasteiger partial charge is 0.496 e. The first kappa shape index (κ1) is 16.3. The van der Waals surface area contributed by atoms with Gasteiger partial charge in [0, 0.05) is 39.5 Å². The Morgan fingerprint density at radius 2 is 1.69 bits per heavy atom. The third-order valence-corrected chi connectivity index (χ3v) is 5.08. The minimum atomic E-state index is -0.445. The van der Waals surface area contributed by atoms with E-state index in [0.717, 1.165) is 22.5 Å². The minimum absolute atomic E-state index is 0.0368. The van der Waals surface area contributed by atoms with Crippen molar-refractivity contribution in [1.82, 2.24) is 5.32 Å². The summed E-state index contributed by atoms with van der Waals surface area (Å²) in [5, 5.41) is 3.31. The lowest BCUT2D eigenvalue weighted by atomic mass is 9.78. The molecule has 1 atom stereocenters. The Kier molecular flexibility index (Phi) is 3.76. The van der Waals surface area contributed by atoms with Gasteiger partial charge in [-0.25, -0.2) is 0 Å². The number of fused-ring (bicyclic) bond motifs is 2. The average Bonchev–Trinajstić information content (AvgIpc) is 2.93. The Labute approximate surface area is 152 Å². The number of ether oxygens (including phenoxy) is 1. The van der Waals surface area contributed by atoms with Gasteiger partial charge in [-0.1, -0.05) is 42.5 Å². The van der Waals surface area contributed by atoms with Crippen molar-refractivity contribution < 1.29 is 14.3 Å². The van der Waals surface area contributed by atoms with Crippen molar-refractivity contribution in [3.63, 3.8) is 0 Å². The molecule has 4 heteroatoms. The second kappa shape index (κ2) is 5.99. The van der Waals surface area contributed by atoms with Crippen LogP contribution in [0.15, 0.2) is 65.4 Å². The van der Waals surface area contributed by atoms with E-state index in [2.05, 4.69) is 5.32 Å². The summed E-state index contributed by atoms with van der Waals surface area (Å²) in [6.45, 7) is 3.43. The van der Waals surface area contributed by atoms with E-state index in [1.54, 1.807) is 14.0 Å². The zero-order chi connectivity index (χ0) is 18.4. The first-order chi connectivity index (χ1) is 12.5. The molecule has 0 fully saturated rings. The van der Waals surface area contributed by atoms with Crippen LogP contribution in [0.3, 0.4) is 0 Å². The number of hydrogen-bond donors (Lipinski definition) is 1. The van der Waals surface area contributed by atoms with E-state index in [9.17, 15) is 9.59 Å². The fraction of sp³-hybridized carbons (Fsp3) is 0.182. The predicted molar refractivity (Wildman–Crippen MR) is 99.9 cm³/mol. The van der Waals surface area contributed by atoms with Crippen LogP contribution in [0.2, 0.25) is 0 Å². The normalized spacial score (nSPS) is 18.4. The molecule has 0 radical (unpaired) electrons. The van der Waals surface area contributed by atoms with Crippen molar-refractivity contribution in [2.75, 3.05) is 7.11 Å². The van der Waals surface area contributed by atoms with Gasteiger partial charge in [0.1, 0.15) is 5.75 Å². The van der Waals surface area contributed by atoms with E-state index in [1.807, 2.05) is 55.5 Å². The topological polar surface area (TPSA) is 55.4 Å². The van der Waals surface area contributed by atoms with Gasteiger partial charge < -0.3 is 10.1 Å². The Bertz CT molecular complexity index is 1010. The van der Waals surface area contributed by atoms with Crippen LogP contribution in [0.4, 0.5) is 0 Å². The number of hydrogen-bond acceptors (Lipinski definition) is 4. The van der Waals surface area contributed by atoms with E-state index in [4.69, 9.17) is 4.74 Å². The molecular formula is C22H19NO3. The van der Waals surface area contributed by atoms with Crippen molar-refractivity contribution >= 4 is 17.3 Å². The van der Waals surface area contributed by atoms with Crippen LogP contribution in [-0.2, 0) is 4.79 Å². The number of carbonyl (C=O) groups is 2. The molecule has 26 heavy (non-hydrogen) atoms. The summed E-state index contributed by atoms with van der Waals surface area (Å²) >= 11 is 0. The fourth-order valence-electron chi connectivity index (χ4n) is 4.01. The van der Waals surface area contributed by atoms with Gasteiger partial charge in [0.05, 0.1) is 12.8 Å². The summed E-state index contributed by atoms with van der Waals surface area (Å²) < 4.78 is 5.53. The number of nitrogens with one attached hydrogen (secondary N) is 1. The van der Waals surface area contributed by atoms with Crippen molar-refractivity contribution in [2.24, 2.45) is 0 Å². The highest BCUT2D eigenvalue weighted by atomic mass is 16.5. The number of Topliss-reactive ketones (excluding diaryl/α,β-unsaturated/α-hetero) is 2. The first-order valence-electron chi connectivity index (χ1n) is 8.54. The number of carbonyl (C=O) groups excluding carboxylic acids is 2. The molecule has 1 N–H and O–H groups in total. The summed E-state index contributed by atoms with van der Waals surface area (Å²) in [7, 11) is 1.60. The van der Waals surface area contributed by atoms with E-state index in [1.165, 1.54) is 0 Å². The zero-order valence-corrected chi connectivity index (χ0v) is 14.9.